The molecule has 0 aromatic heterocycles. The molecule has 1 heterocycles. The lowest BCUT2D eigenvalue weighted by Crippen LogP contribution is -2.49. The lowest BCUT2D eigenvalue weighted by atomic mass is 10.0. The molecule has 2 nitrogen and oxygen atoms in total. The number of anilines is 1. The molecule has 2 rings (SSSR count). The van der Waals surface area contributed by atoms with Crippen LogP contribution >= 0.6 is 24.8 Å². The second-order valence-corrected chi connectivity index (χ2v) is 4.99. The maximum absolute atomic E-state index is 3.42. The van der Waals surface area contributed by atoms with E-state index in [1.165, 1.54) is 11.3 Å². The van der Waals surface area contributed by atoms with E-state index < -0.39 is 0 Å². The van der Waals surface area contributed by atoms with Crippen molar-refractivity contribution in [2.45, 2.75) is 32.7 Å². The van der Waals surface area contributed by atoms with Crippen LogP contribution in [0.1, 0.15) is 32.3 Å². The van der Waals surface area contributed by atoms with Gasteiger partial charge in [0.15, 0.2) is 0 Å². The van der Waals surface area contributed by atoms with Gasteiger partial charge in [-0.1, -0.05) is 26.0 Å². The Bertz CT molecular complexity index is 338. The zero-order chi connectivity index (χ0) is 11.5. The summed E-state index contributed by atoms with van der Waals surface area (Å²) >= 11 is 0. The molecule has 18 heavy (non-hydrogen) atoms. The molecule has 0 amide bonds. The fourth-order valence-electron chi connectivity index (χ4n) is 2.28. The first-order valence-corrected chi connectivity index (χ1v) is 6.26. The highest BCUT2D eigenvalue weighted by atomic mass is 35.5. The Morgan fingerprint density at radius 1 is 1.17 bits per heavy atom. The normalized spacial score (nSPS) is 19.1. The smallest absolute Gasteiger partial charge is 0.0386 e. The maximum Gasteiger partial charge on any atom is 0.0386 e. The van der Waals surface area contributed by atoms with Crippen LogP contribution in [0.25, 0.3) is 0 Å². The summed E-state index contributed by atoms with van der Waals surface area (Å²) in [6, 6.07) is 9.64. The summed E-state index contributed by atoms with van der Waals surface area (Å²) in [4.78, 5) is 2.49. The quantitative estimate of drug-likeness (QED) is 0.898. The Balaban J connectivity index is 0.00000144. The second kappa shape index (κ2) is 7.88. The van der Waals surface area contributed by atoms with Crippen molar-refractivity contribution in [1.82, 2.24) is 5.32 Å². The van der Waals surface area contributed by atoms with Crippen LogP contribution in [-0.4, -0.2) is 25.7 Å². The zero-order valence-corrected chi connectivity index (χ0v) is 13.0. The van der Waals surface area contributed by atoms with Gasteiger partial charge in [0.05, 0.1) is 0 Å². The van der Waals surface area contributed by atoms with Crippen LogP contribution < -0.4 is 10.2 Å². The highest BCUT2D eigenvalue weighted by Gasteiger charge is 2.17. The minimum atomic E-state index is 0. The summed E-state index contributed by atoms with van der Waals surface area (Å²) in [6.45, 7) is 10.1. The maximum atomic E-state index is 3.42. The van der Waals surface area contributed by atoms with Gasteiger partial charge in [0.1, 0.15) is 0 Å². The van der Waals surface area contributed by atoms with Crippen LogP contribution in [0.4, 0.5) is 5.69 Å². The fraction of sp³-hybridized carbons (Fsp3) is 0.571. The van der Waals surface area contributed by atoms with E-state index in [4.69, 9.17) is 0 Å². The second-order valence-electron chi connectivity index (χ2n) is 4.99. The first-order chi connectivity index (χ1) is 7.68. The average Bonchev–Trinajstić information content (AvgIpc) is 2.30. The average molecular weight is 291 g/mol. The van der Waals surface area contributed by atoms with Crippen molar-refractivity contribution in [2.75, 3.05) is 24.5 Å². The van der Waals surface area contributed by atoms with Gasteiger partial charge < -0.3 is 10.2 Å². The van der Waals surface area contributed by atoms with E-state index in [0.29, 0.717) is 12.0 Å². The van der Waals surface area contributed by atoms with Gasteiger partial charge in [0.2, 0.25) is 0 Å². The molecule has 0 spiro atoms. The largest absolute Gasteiger partial charge is 0.366 e. The molecule has 1 saturated heterocycles. The first-order valence-electron chi connectivity index (χ1n) is 6.26. The summed E-state index contributed by atoms with van der Waals surface area (Å²) in [5.74, 6) is 0.620. The third-order valence-corrected chi connectivity index (χ3v) is 3.39. The third-order valence-electron chi connectivity index (χ3n) is 3.39. The topological polar surface area (TPSA) is 15.3 Å². The number of hydrogen-bond donors (Lipinski definition) is 1. The van der Waals surface area contributed by atoms with Crippen LogP contribution in [-0.2, 0) is 0 Å². The van der Waals surface area contributed by atoms with Gasteiger partial charge in [-0.3, -0.25) is 0 Å². The SMILES string of the molecule is CC(C)c1ccc(N2CCNC[C@H]2C)cc1.Cl.Cl. The van der Waals surface area contributed by atoms with Crippen molar-refractivity contribution >= 4 is 30.5 Å². The fourth-order valence-corrected chi connectivity index (χ4v) is 2.28. The number of nitrogens with one attached hydrogen (secondary N) is 1. The third kappa shape index (κ3) is 4.04. The van der Waals surface area contributed by atoms with E-state index in [2.05, 4.69) is 55.3 Å². The van der Waals surface area contributed by atoms with Crippen LogP contribution in [0.15, 0.2) is 24.3 Å². The lowest BCUT2D eigenvalue weighted by molar-refractivity contribution is 0.501. The molecule has 1 aliphatic rings. The summed E-state index contributed by atoms with van der Waals surface area (Å²) in [5, 5.41) is 3.42. The molecule has 4 heteroatoms. The minimum Gasteiger partial charge on any atom is -0.366 e. The molecule has 0 aliphatic carbocycles. The van der Waals surface area contributed by atoms with Gasteiger partial charge in [0, 0.05) is 31.4 Å². The molecule has 0 radical (unpaired) electrons. The molecule has 0 saturated carbocycles. The van der Waals surface area contributed by atoms with E-state index in [0.717, 1.165) is 19.6 Å². The molecule has 0 bridgehead atoms. The molecule has 1 atom stereocenters. The number of piperazine rings is 1. The van der Waals surface area contributed by atoms with Gasteiger partial charge in [-0.05, 0) is 30.5 Å². The zero-order valence-electron chi connectivity index (χ0n) is 11.3. The van der Waals surface area contributed by atoms with E-state index in [1.807, 2.05) is 0 Å². The number of nitrogens with zero attached hydrogens (tertiary/aromatic N) is 1. The lowest BCUT2D eigenvalue weighted by Gasteiger charge is -2.36. The number of halogens is 2. The number of rotatable bonds is 2. The van der Waals surface area contributed by atoms with Crippen molar-refractivity contribution < 1.29 is 0 Å². The van der Waals surface area contributed by atoms with Gasteiger partial charge in [-0.2, -0.15) is 0 Å². The number of hydrogen-bond acceptors (Lipinski definition) is 2. The predicted octanol–water partition coefficient (Wildman–Crippen LogP) is 3.45. The molecule has 104 valence electrons. The highest BCUT2D eigenvalue weighted by molar-refractivity contribution is 5.85. The minimum absolute atomic E-state index is 0. The molecule has 1 aliphatic heterocycles. The van der Waals surface area contributed by atoms with Gasteiger partial charge >= 0.3 is 0 Å². The highest BCUT2D eigenvalue weighted by Crippen LogP contribution is 2.22. The van der Waals surface area contributed by atoms with Gasteiger partial charge in [-0.25, -0.2) is 0 Å². The Morgan fingerprint density at radius 2 is 1.78 bits per heavy atom. The first kappa shape index (κ1) is 17.6. The van der Waals surface area contributed by atoms with Crippen molar-refractivity contribution in [1.29, 1.82) is 0 Å². The molecular weight excluding hydrogens is 267 g/mol. The van der Waals surface area contributed by atoms with Crippen molar-refractivity contribution in [3.05, 3.63) is 29.8 Å². The van der Waals surface area contributed by atoms with Gasteiger partial charge in [-0.15, -0.1) is 24.8 Å². The molecular formula is C14H24Cl2N2. The van der Waals surface area contributed by atoms with Crippen LogP contribution in [0.2, 0.25) is 0 Å². The van der Waals surface area contributed by atoms with Crippen molar-refractivity contribution in [3.8, 4) is 0 Å². The van der Waals surface area contributed by atoms with Crippen LogP contribution in [0.3, 0.4) is 0 Å². The molecule has 1 fully saturated rings. The van der Waals surface area contributed by atoms with Crippen LogP contribution in [0.5, 0.6) is 0 Å². The van der Waals surface area contributed by atoms with E-state index in [9.17, 15) is 0 Å². The van der Waals surface area contributed by atoms with E-state index in [1.54, 1.807) is 0 Å². The molecule has 1 aromatic rings. The Hall–Kier alpha value is -0.440. The van der Waals surface area contributed by atoms with E-state index in [-0.39, 0.29) is 24.8 Å². The summed E-state index contributed by atoms with van der Waals surface area (Å²) < 4.78 is 0. The van der Waals surface area contributed by atoms with Crippen LogP contribution in [0, 0.1) is 0 Å². The van der Waals surface area contributed by atoms with Gasteiger partial charge in [0.25, 0.3) is 0 Å². The molecule has 0 unspecified atom stereocenters. The van der Waals surface area contributed by atoms with E-state index >= 15 is 0 Å². The summed E-state index contributed by atoms with van der Waals surface area (Å²) in [7, 11) is 0. The summed E-state index contributed by atoms with van der Waals surface area (Å²) in [5.41, 5.74) is 2.78. The Labute approximate surface area is 123 Å². The van der Waals surface area contributed by atoms with Crippen molar-refractivity contribution in [2.24, 2.45) is 0 Å². The standard InChI is InChI=1S/C14H22N2.2ClH/c1-11(2)13-4-6-14(7-5-13)16-9-8-15-10-12(16)3;;/h4-7,11-12,15H,8-10H2,1-3H3;2*1H/t12-;;/m1../s1. The van der Waals surface area contributed by atoms with Crippen molar-refractivity contribution in [3.63, 3.8) is 0 Å². The molecule has 1 aromatic carbocycles. The monoisotopic (exact) mass is 290 g/mol. The number of benzene rings is 1. The summed E-state index contributed by atoms with van der Waals surface area (Å²) in [6.07, 6.45) is 0. The molecule has 1 N–H and O–H groups in total. The Morgan fingerprint density at radius 3 is 2.28 bits per heavy atom. The predicted molar refractivity (Wildman–Crippen MR) is 84.7 cm³/mol. The Kier molecular flexibility index (Phi) is 7.69.